The quantitative estimate of drug-likeness (QED) is 0.515. The molecule has 1 saturated carbocycles. The average molecular weight is 474 g/mol. The van der Waals surface area contributed by atoms with E-state index in [0.717, 1.165) is 18.4 Å². The molecule has 3 aromatic rings. The Hall–Kier alpha value is -2.95. The Kier molecular flexibility index (Phi) is 6.18. The van der Waals surface area contributed by atoms with Crippen molar-refractivity contribution in [1.82, 2.24) is 9.71 Å². The number of nitrogens with one attached hydrogen (secondary N) is 2. The van der Waals surface area contributed by atoms with Gasteiger partial charge in [0, 0.05) is 22.5 Å². The van der Waals surface area contributed by atoms with E-state index in [2.05, 4.69) is 15.0 Å². The maximum absolute atomic E-state index is 12.9. The van der Waals surface area contributed by atoms with E-state index >= 15 is 0 Å². The van der Waals surface area contributed by atoms with Crippen LogP contribution in [0.2, 0.25) is 0 Å². The number of carbonyl (C=O) groups excluding carboxylic acids is 1. The summed E-state index contributed by atoms with van der Waals surface area (Å²) >= 11 is 1.26. The second-order valence-corrected chi connectivity index (χ2v) is 10.0. The van der Waals surface area contributed by atoms with Crippen LogP contribution in [0.3, 0.4) is 0 Å². The van der Waals surface area contributed by atoms with Crippen molar-refractivity contribution in [3.63, 3.8) is 0 Å². The third-order valence-corrected chi connectivity index (χ3v) is 7.35. The smallest absolute Gasteiger partial charge is 0.257 e. The van der Waals surface area contributed by atoms with Crippen LogP contribution in [0, 0.1) is 6.92 Å². The maximum atomic E-state index is 12.9. The Bertz CT molecular complexity index is 1270. The first-order chi connectivity index (χ1) is 15.3. The molecule has 0 atom stereocenters. The number of benzene rings is 2. The van der Waals surface area contributed by atoms with E-state index in [-0.39, 0.29) is 16.5 Å². The molecule has 0 spiro atoms. The maximum Gasteiger partial charge on any atom is 0.257 e. The number of aromatic nitrogens is 1. The molecule has 2 N–H and O–H groups in total. The van der Waals surface area contributed by atoms with Gasteiger partial charge in [-0.05, 0) is 55.7 Å². The molecule has 0 bridgehead atoms. The molecule has 8 nitrogen and oxygen atoms in total. The molecule has 1 aromatic heterocycles. The lowest BCUT2D eigenvalue weighted by atomic mass is 10.1. The molecule has 2 aromatic carbocycles. The Labute approximate surface area is 190 Å². The van der Waals surface area contributed by atoms with Crippen molar-refractivity contribution in [1.29, 1.82) is 0 Å². The van der Waals surface area contributed by atoms with Gasteiger partial charge in [-0.2, -0.15) is 0 Å². The molecule has 10 heteroatoms. The second-order valence-electron chi connectivity index (χ2n) is 7.43. The average Bonchev–Trinajstić information content (AvgIpc) is 3.46. The van der Waals surface area contributed by atoms with Gasteiger partial charge in [-0.1, -0.05) is 6.07 Å². The zero-order chi connectivity index (χ0) is 22.9. The molecule has 0 radical (unpaired) electrons. The molecule has 1 heterocycles. The lowest BCUT2D eigenvalue weighted by molar-refractivity contribution is 0.102. The SMILES string of the molecule is COc1ccc(OC)c(-c2csc(NC(=O)c3cc(S(=O)(=O)NC4CC4)ccc3C)n2)c1. The lowest BCUT2D eigenvalue weighted by Gasteiger charge is -2.10. The van der Waals surface area contributed by atoms with Crippen LogP contribution in [-0.4, -0.2) is 39.6 Å². The molecular formula is C22H23N3O5S2. The van der Waals surface area contributed by atoms with Crippen molar-refractivity contribution in [2.75, 3.05) is 19.5 Å². The number of amides is 1. The van der Waals surface area contributed by atoms with Crippen LogP contribution in [0.25, 0.3) is 11.3 Å². The summed E-state index contributed by atoms with van der Waals surface area (Å²) in [4.78, 5) is 17.5. The summed E-state index contributed by atoms with van der Waals surface area (Å²) in [6, 6.07) is 9.91. The summed E-state index contributed by atoms with van der Waals surface area (Å²) in [5.74, 6) is 0.864. The predicted molar refractivity (Wildman–Crippen MR) is 123 cm³/mol. The number of rotatable bonds is 8. The van der Waals surface area contributed by atoms with E-state index < -0.39 is 15.9 Å². The zero-order valence-corrected chi connectivity index (χ0v) is 19.5. The van der Waals surface area contributed by atoms with Crippen LogP contribution in [-0.2, 0) is 10.0 Å². The van der Waals surface area contributed by atoms with Crippen molar-refractivity contribution in [3.05, 3.63) is 52.9 Å². The zero-order valence-electron chi connectivity index (χ0n) is 17.8. The van der Waals surface area contributed by atoms with E-state index in [0.29, 0.717) is 27.9 Å². The van der Waals surface area contributed by atoms with Crippen molar-refractivity contribution in [2.45, 2.75) is 30.7 Å². The Morgan fingerprint density at radius 2 is 1.91 bits per heavy atom. The molecule has 168 valence electrons. The Morgan fingerprint density at radius 3 is 2.59 bits per heavy atom. The minimum atomic E-state index is -3.66. The van der Waals surface area contributed by atoms with E-state index in [1.165, 1.54) is 23.5 Å². The highest BCUT2D eigenvalue weighted by atomic mass is 32.2. The summed E-state index contributed by atoms with van der Waals surface area (Å²) in [5.41, 5.74) is 2.31. The van der Waals surface area contributed by atoms with Gasteiger partial charge in [0.25, 0.3) is 5.91 Å². The van der Waals surface area contributed by atoms with Gasteiger partial charge >= 0.3 is 0 Å². The first kappa shape index (κ1) is 22.3. The number of hydrogen-bond acceptors (Lipinski definition) is 7. The van der Waals surface area contributed by atoms with Crippen LogP contribution in [0.1, 0.15) is 28.8 Å². The molecule has 1 fully saturated rings. The van der Waals surface area contributed by atoms with Gasteiger partial charge in [-0.3, -0.25) is 10.1 Å². The van der Waals surface area contributed by atoms with E-state index in [1.54, 1.807) is 44.7 Å². The van der Waals surface area contributed by atoms with Crippen molar-refractivity contribution in [3.8, 4) is 22.8 Å². The highest BCUT2D eigenvalue weighted by Crippen LogP contribution is 2.35. The highest BCUT2D eigenvalue weighted by molar-refractivity contribution is 7.89. The largest absolute Gasteiger partial charge is 0.497 e. The first-order valence-corrected chi connectivity index (χ1v) is 12.3. The highest BCUT2D eigenvalue weighted by Gasteiger charge is 2.28. The van der Waals surface area contributed by atoms with Gasteiger partial charge in [0.05, 0.1) is 24.8 Å². The minimum Gasteiger partial charge on any atom is -0.497 e. The number of methoxy groups -OCH3 is 2. The van der Waals surface area contributed by atoms with Crippen LogP contribution in [0.5, 0.6) is 11.5 Å². The molecule has 0 unspecified atom stereocenters. The normalized spacial score (nSPS) is 13.6. The monoisotopic (exact) mass is 473 g/mol. The number of anilines is 1. The van der Waals surface area contributed by atoms with Crippen LogP contribution < -0.4 is 19.5 Å². The number of carbonyl (C=O) groups is 1. The lowest BCUT2D eigenvalue weighted by Crippen LogP contribution is -2.26. The van der Waals surface area contributed by atoms with Crippen LogP contribution in [0.15, 0.2) is 46.7 Å². The molecule has 0 aliphatic heterocycles. The molecule has 32 heavy (non-hydrogen) atoms. The molecule has 1 amide bonds. The fourth-order valence-corrected chi connectivity index (χ4v) is 5.17. The van der Waals surface area contributed by atoms with Crippen LogP contribution in [0.4, 0.5) is 5.13 Å². The summed E-state index contributed by atoms with van der Waals surface area (Å²) in [6.07, 6.45) is 1.67. The third-order valence-electron chi connectivity index (χ3n) is 5.07. The van der Waals surface area contributed by atoms with E-state index in [4.69, 9.17) is 9.47 Å². The number of nitrogens with zero attached hydrogens (tertiary/aromatic N) is 1. The van der Waals surface area contributed by atoms with Crippen molar-refractivity contribution < 1.29 is 22.7 Å². The number of aryl methyl sites for hydroxylation is 1. The number of ether oxygens (including phenoxy) is 2. The number of hydrogen-bond donors (Lipinski definition) is 2. The van der Waals surface area contributed by atoms with Gasteiger partial charge in [-0.15, -0.1) is 11.3 Å². The third kappa shape index (κ3) is 4.77. The second kappa shape index (κ2) is 8.89. The first-order valence-electron chi connectivity index (χ1n) is 9.93. The number of sulfonamides is 1. The molecular weight excluding hydrogens is 450 g/mol. The Balaban J connectivity index is 1.57. The van der Waals surface area contributed by atoms with Crippen molar-refractivity contribution in [2.24, 2.45) is 0 Å². The summed E-state index contributed by atoms with van der Waals surface area (Å²) < 4.78 is 38.4. The van der Waals surface area contributed by atoms with Gasteiger partial charge in [0.15, 0.2) is 5.13 Å². The minimum absolute atomic E-state index is 0.0130. The van der Waals surface area contributed by atoms with Gasteiger partial charge in [-0.25, -0.2) is 18.1 Å². The van der Waals surface area contributed by atoms with E-state index in [1.807, 2.05) is 6.07 Å². The van der Waals surface area contributed by atoms with Crippen molar-refractivity contribution >= 4 is 32.4 Å². The van der Waals surface area contributed by atoms with Crippen LogP contribution >= 0.6 is 11.3 Å². The van der Waals surface area contributed by atoms with Gasteiger partial charge < -0.3 is 9.47 Å². The summed E-state index contributed by atoms with van der Waals surface area (Å²) in [7, 11) is -0.508. The van der Waals surface area contributed by atoms with E-state index in [9.17, 15) is 13.2 Å². The molecule has 1 aliphatic carbocycles. The van der Waals surface area contributed by atoms with Gasteiger partial charge in [0.2, 0.25) is 10.0 Å². The topological polar surface area (TPSA) is 107 Å². The van der Waals surface area contributed by atoms with Gasteiger partial charge in [0.1, 0.15) is 11.5 Å². The predicted octanol–water partition coefficient (Wildman–Crippen LogP) is 3.83. The fourth-order valence-electron chi connectivity index (χ4n) is 3.14. The molecule has 4 rings (SSSR count). The fraction of sp³-hybridized carbons (Fsp3) is 0.273. The number of thiazole rings is 1. The Morgan fingerprint density at radius 1 is 1.12 bits per heavy atom. The molecule has 0 saturated heterocycles. The summed E-state index contributed by atoms with van der Waals surface area (Å²) in [6.45, 7) is 1.76. The molecule has 1 aliphatic rings. The standard InChI is InChI=1S/C22H23N3O5S2/c1-13-4-8-16(32(27,28)25-14-5-6-14)11-17(13)21(26)24-22-23-19(12-31-22)18-10-15(29-2)7-9-20(18)30-3/h4,7-12,14,25H,5-6H2,1-3H3,(H,23,24,26). The summed E-state index contributed by atoms with van der Waals surface area (Å²) in [5, 5.41) is 4.96.